The molecule has 0 aromatic carbocycles. The highest BCUT2D eigenvalue weighted by atomic mass is 79.9. The van der Waals surface area contributed by atoms with E-state index in [1.165, 1.54) is 22.7 Å². The Morgan fingerprint density at radius 1 is 1.60 bits per heavy atom. The summed E-state index contributed by atoms with van der Waals surface area (Å²) in [7, 11) is 0. The van der Waals surface area contributed by atoms with Crippen LogP contribution in [-0.4, -0.2) is 15.9 Å². The zero-order valence-electron chi connectivity index (χ0n) is 7.65. The fourth-order valence-electron chi connectivity index (χ4n) is 0.941. The third-order valence-electron chi connectivity index (χ3n) is 1.55. The molecular formula is C8H6BrN3OS2. The molecule has 0 radical (unpaired) electrons. The van der Waals surface area contributed by atoms with Crippen molar-refractivity contribution in [1.82, 2.24) is 9.97 Å². The van der Waals surface area contributed by atoms with Crippen LogP contribution < -0.4 is 5.32 Å². The maximum Gasteiger partial charge on any atom is 0.276 e. The van der Waals surface area contributed by atoms with Crippen LogP contribution in [0.15, 0.2) is 15.4 Å². The number of hydrogen-bond acceptors (Lipinski definition) is 5. The maximum atomic E-state index is 11.6. The quantitative estimate of drug-likeness (QED) is 0.928. The molecule has 2 rings (SSSR count). The number of anilines is 1. The predicted octanol–water partition coefficient (Wildman–Crippen LogP) is 2.92. The first-order chi connectivity index (χ1) is 7.15. The molecule has 0 unspecified atom stereocenters. The number of nitrogens with one attached hydrogen (secondary N) is 1. The summed E-state index contributed by atoms with van der Waals surface area (Å²) >= 11 is 6.09. The standard InChI is InChI=1S/C8H6BrN3OS2/c1-4-11-5(3-14-4)7(13)12-8-10-2-6(9)15-8/h2-3H,1H3,(H,10,12,13). The van der Waals surface area contributed by atoms with Gasteiger partial charge in [0.2, 0.25) is 0 Å². The Labute approximate surface area is 103 Å². The first-order valence-electron chi connectivity index (χ1n) is 4.00. The average molecular weight is 304 g/mol. The fraction of sp³-hybridized carbons (Fsp3) is 0.125. The van der Waals surface area contributed by atoms with Crippen molar-refractivity contribution in [3.05, 3.63) is 26.1 Å². The second-order valence-corrected chi connectivity index (χ2v) is 6.15. The first kappa shape index (κ1) is 10.7. The van der Waals surface area contributed by atoms with E-state index in [0.717, 1.165) is 8.79 Å². The van der Waals surface area contributed by atoms with E-state index >= 15 is 0 Å². The van der Waals surface area contributed by atoms with E-state index in [1.54, 1.807) is 11.6 Å². The highest BCUT2D eigenvalue weighted by Gasteiger charge is 2.11. The van der Waals surface area contributed by atoms with Crippen molar-refractivity contribution in [2.24, 2.45) is 0 Å². The van der Waals surface area contributed by atoms with Gasteiger partial charge in [0.15, 0.2) is 5.13 Å². The van der Waals surface area contributed by atoms with Gasteiger partial charge in [-0.25, -0.2) is 9.97 Å². The molecule has 0 aliphatic rings. The molecule has 0 fully saturated rings. The van der Waals surface area contributed by atoms with Gasteiger partial charge in [-0.2, -0.15) is 0 Å². The molecule has 1 N–H and O–H groups in total. The number of amides is 1. The first-order valence-corrected chi connectivity index (χ1v) is 6.49. The van der Waals surface area contributed by atoms with E-state index in [0.29, 0.717) is 10.8 Å². The minimum Gasteiger partial charge on any atom is -0.296 e. The number of carbonyl (C=O) groups excluding carboxylic acids is 1. The van der Waals surface area contributed by atoms with Crippen molar-refractivity contribution in [1.29, 1.82) is 0 Å². The van der Waals surface area contributed by atoms with E-state index in [4.69, 9.17) is 0 Å². The monoisotopic (exact) mass is 303 g/mol. The van der Waals surface area contributed by atoms with Crippen molar-refractivity contribution in [3.63, 3.8) is 0 Å². The molecule has 0 spiro atoms. The minimum atomic E-state index is -0.221. The number of nitrogens with zero attached hydrogens (tertiary/aromatic N) is 2. The van der Waals surface area contributed by atoms with Crippen LogP contribution in [0.5, 0.6) is 0 Å². The van der Waals surface area contributed by atoms with Gasteiger partial charge in [0.05, 0.1) is 15.0 Å². The molecule has 7 heteroatoms. The lowest BCUT2D eigenvalue weighted by molar-refractivity contribution is 0.102. The topological polar surface area (TPSA) is 54.9 Å². The van der Waals surface area contributed by atoms with Gasteiger partial charge in [0.1, 0.15) is 5.69 Å². The van der Waals surface area contributed by atoms with Gasteiger partial charge in [-0.05, 0) is 22.9 Å². The molecule has 0 atom stereocenters. The molecule has 0 saturated carbocycles. The molecule has 0 aliphatic carbocycles. The number of thiazole rings is 2. The van der Waals surface area contributed by atoms with Gasteiger partial charge in [-0.15, -0.1) is 11.3 Å². The Hall–Kier alpha value is -0.790. The van der Waals surface area contributed by atoms with Gasteiger partial charge in [0, 0.05) is 5.38 Å². The number of aryl methyl sites for hydroxylation is 1. The van der Waals surface area contributed by atoms with Crippen molar-refractivity contribution in [2.75, 3.05) is 5.32 Å². The molecule has 2 aromatic rings. The molecule has 15 heavy (non-hydrogen) atoms. The van der Waals surface area contributed by atoms with Crippen molar-refractivity contribution in [3.8, 4) is 0 Å². The lowest BCUT2D eigenvalue weighted by Gasteiger charge is -1.96. The number of rotatable bonds is 2. The summed E-state index contributed by atoms with van der Waals surface area (Å²) in [5.41, 5.74) is 0.434. The summed E-state index contributed by atoms with van der Waals surface area (Å²) in [4.78, 5) is 19.7. The average Bonchev–Trinajstić information content (AvgIpc) is 2.75. The van der Waals surface area contributed by atoms with Crippen LogP contribution in [0.1, 0.15) is 15.5 Å². The van der Waals surface area contributed by atoms with Crippen LogP contribution in [0.2, 0.25) is 0 Å². The number of halogens is 1. The van der Waals surface area contributed by atoms with Gasteiger partial charge in [0.25, 0.3) is 5.91 Å². The van der Waals surface area contributed by atoms with Crippen LogP contribution in [0.3, 0.4) is 0 Å². The van der Waals surface area contributed by atoms with E-state index in [9.17, 15) is 4.79 Å². The lowest BCUT2D eigenvalue weighted by atomic mass is 10.5. The van der Waals surface area contributed by atoms with E-state index < -0.39 is 0 Å². The van der Waals surface area contributed by atoms with Crippen molar-refractivity contribution >= 4 is 49.6 Å². The SMILES string of the molecule is Cc1nc(C(=O)Nc2ncc(Br)s2)cs1. The van der Waals surface area contributed by atoms with E-state index in [2.05, 4.69) is 31.2 Å². The number of aromatic nitrogens is 2. The van der Waals surface area contributed by atoms with Crippen molar-refractivity contribution < 1.29 is 4.79 Å². The Morgan fingerprint density at radius 2 is 2.40 bits per heavy atom. The molecular weight excluding hydrogens is 298 g/mol. The highest BCUT2D eigenvalue weighted by Crippen LogP contribution is 2.23. The van der Waals surface area contributed by atoms with Crippen LogP contribution >= 0.6 is 38.6 Å². The normalized spacial score (nSPS) is 10.3. The van der Waals surface area contributed by atoms with Crippen LogP contribution in [0.4, 0.5) is 5.13 Å². The zero-order valence-corrected chi connectivity index (χ0v) is 10.9. The number of hydrogen-bond donors (Lipinski definition) is 1. The molecule has 78 valence electrons. The van der Waals surface area contributed by atoms with Gasteiger partial charge >= 0.3 is 0 Å². The van der Waals surface area contributed by atoms with Crippen LogP contribution in [-0.2, 0) is 0 Å². The largest absolute Gasteiger partial charge is 0.296 e. The Balaban J connectivity index is 2.10. The minimum absolute atomic E-state index is 0.221. The smallest absolute Gasteiger partial charge is 0.276 e. The Kier molecular flexibility index (Phi) is 3.13. The second kappa shape index (κ2) is 4.38. The molecule has 2 heterocycles. The number of carbonyl (C=O) groups is 1. The van der Waals surface area contributed by atoms with Crippen LogP contribution in [0, 0.1) is 6.92 Å². The summed E-state index contributed by atoms with van der Waals surface area (Å²) in [6.07, 6.45) is 1.65. The molecule has 4 nitrogen and oxygen atoms in total. The Morgan fingerprint density at radius 3 is 2.93 bits per heavy atom. The van der Waals surface area contributed by atoms with Gasteiger partial charge in [-0.3, -0.25) is 10.1 Å². The molecule has 1 amide bonds. The molecule has 0 aliphatic heterocycles. The third-order valence-corrected chi connectivity index (χ3v) is 3.71. The van der Waals surface area contributed by atoms with E-state index in [1.807, 2.05) is 6.92 Å². The molecule has 0 saturated heterocycles. The Bertz CT molecular complexity index is 494. The molecule has 0 bridgehead atoms. The van der Waals surface area contributed by atoms with Crippen LogP contribution in [0.25, 0.3) is 0 Å². The summed E-state index contributed by atoms with van der Waals surface area (Å²) in [6.45, 7) is 1.86. The molecule has 2 aromatic heterocycles. The fourth-order valence-corrected chi connectivity index (χ4v) is 2.64. The zero-order chi connectivity index (χ0) is 10.8. The predicted molar refractivity (Wildman–Crippen MR) is 64.6 cm³/mol. The summed E-state index contributed by atoms with van der Waals surface area (Å²) in [5, 5.41) is 5.85. The van der Waals surface area contributed by atoms with E-state index in [-0.39, 0.29) is 5.91 Å². The maximum absolute atomic E-state index is 11.6. The summed E-state index contributed by atoms with van der Waals surface area (Å²) in [6, 6.07) is 0. The summed E-state index contributed by atoms with van der Waals surface area (Å²) < 4.78 is 0.882. The van der Waals surface area contributed by atoms with Gasteiger partial charge in [-0.1, -0.05) is 11.3 Å². The second-order valence-electron chi connectivity index (χ2n) is 2.68. The highest BCUT2D eigenvalue weighted by molar-refractivity contribution is 9.11. The summed E-state index contributed by atoms with van der Waals surface area (Å²) in [5.74, 6) is -0.221. The van der Waals surface area contributed by atoms with Gasteiger partial charge < -0.3 is 0 Å². The lowest BCUT2D eigenvalue weighted by Crippen LogP contribution is -2.11. The third kappa shape index (κ3) is 2.61. The van der Waals surface area contributed by atoms with Crippen molar-refractivity contribution in [2.45, 2.75) is 6.92 Å².